The van der Waals surface area contributed by atoms with Gasteiger partial charge >= 0.3 is 0 Å². The van der Waals surface area contributed by atoms with Crippen LogP contribution in [0.5, 0.6) is 0 Å². The smallest absolute Gasteiger partial charge is 0.207 e. The molecule has 100 valence electrons. The molecule has 1 amide bonds. The highest BCUT2D eigenvalue weighted by molar-refractivity contribution is 5.47. The Balaban J connectivity index is 0.000000199. The predicted molar refractivity (Wildman–Crippen MR) is 73.1 cm³/mol. The van der Waals surface area contributed by atoms with Gasteiger partial charge in [0, 0.05) is 0 Å². The Bertz CT molecular complexity index is 341. The van der Waals surface area contributed by atoms with Crippen molar-refractivity contribution in [3.8, 4) is 0 Å². The lowest BCUT2D eigenvalue weighted by Gasteiger charge is -2.12. The Kier molecular flexibility index (Phi) is 5.86. The fraction of sp³-hybridized carbons (Fsp3) is 0.533. The first-order chi connectivity index (χ1) is 8.55. The summed E-state index contributed by atoms with van der Waals surface area (Å²) < 4.78 is 0. The van der Waals surface area contributed by atoms with Crippen LogP contribution < -0.4 is 5.32 Å². The lowest BCUT2D eigenvalue weighted by molar-refractivity contribution is -0.110. The Morgan fingerprint density at radius 3 is 2.22 bits per heavy atom. The Morgan fingerprint density at radius 1 is 1.28 bits per heavy atom. The zero-order valence-corrected chi connectivity index (χ0v) is 11.2. The maximum absolute atomic E-state index is 10.1. The van der Waals surface area contributed by atoms with E-state index < -0.39 is 0 Å². The van der Waals surface area contributed by atoms with Crippen molar-refractivity contribution in [2.45, 2.75) is 51.2 Å². The van der Waals surface area contributed by atoms with Gasteiger partial charge in [0.05, 0.1) is 11.6 Å². The third-order valence-electron chi connectivity index (χ3n) is 3.30. The van der Waals surface area contributed by atoms with E-state index in [9.17, 15) is 9.90 Å². The summed E-state index contributed by atoms with van der Waals surface area (Å²) in [6.07, 6.45) is 5.16. The first-order valence-corrected chi connectivity index (χ1v) is 6.52. The molecule has 0 radical (unpaired) electrons. The molecule has 0 bridgehead atoms. The average molecular weight is 249 g/mol. The maximum Gasteiger partial charge on any atom is 0.207 e. The summed E-state index contributed by atoms with van der Waals surface area (Å²) in [4.78, 5) is 10.1. The zero-order valence-electron chi connectivity index (χ0n) is 11.2. The van der Waals surface area contributed by atoms with Crippen LogP contribution in [0.3, 0.4) is 0 Å². The van der Waals surface area contributed by atoms with Crippen molar-refractivity contribution in [1.82, 2.24) is 5.32 Å². The van der Waals surface area contributed by atoms with Crippen LogP contribution in [0.25, 0.3) is 0 Å². The van der Waals surface area contributed by atoms with Gasteiger partial charge in [-0.2, -0.15) is 0 Å². The summed E-state index contributed by atoms with van der Waals surface area (Å²) in [5, 5.41) is 11.9. The van der Waals surface area contributed by atoms with Gasteiger partial charge in [0.15, 0.2) is 0 Å². The number of hydrogen-bond acceptors (Lipinski definition) is 2. The molecule has 1 aromatic rings. The van der Waals surface area contributed by atoms with Crippen molar-refractivity contribution in [2.24, 2.45) is 0 Å². The van der Waals surface area contributed by atoms with E-state index in [1.165, 1.54) is 12.8 Å². The van der Waals surface area contributed by atoms with Crippen LogP contribution in [0.1, 0.15) is 51.1 Å². The summed E-state index contributed by atoms with van der Waals surface area (Å²) >= 11 is 0. The summed E-state index contributed by atoms with van der Waals surface area (Å²) in [5.74, 6) is 0. The van der Waals surface area contributed by atoms with E-state index in [4.69, 9.17) is 0 Å². The first kappa shape index (κ1) is 14.7. The van der Waals surface area contributed by atoms with Crippen molar-refractivity contribution >= 4 is 6.41 Å². The zero-order chi connectivity index (χ0) is 13.4. The maximum atomic E-state index is 10.1. The lowest BCUT2D eigenvalue weighted by Crippen LogP contribution is -2.17. The minimum absolute atomic E-state index is 0.105. The molecule has 2 rings (SSSR count). The Morgan fingerprint density at radius 2 is 1.83 bits per heavy atom. The second-order valence-electron chi connectivity index (χ2n) is 5.12. The van der Waals surface area contributed by atoms with Crippen molar-refractivity contribution in [2.75, 3.05) is 0 Å². The quantitative estimate of drug-likeness (QED) is 0.809. The molecular weight excluding hydrogens is 226 g/mol. The van der Waals surface area contributed by atoms with Gasteiger partial charge < -0.3 is 10.4 Å². The highest BCUT2D eigenvalue weighted by Gasteiger charge is 2.24. The molecule has 1 fully saturated rings. The van der Waals surface area contributed by atoms with Crippen molar-refractivity contribution in [3.05, 3.63) is 35.9 Å². The van der Waals surface area contributed by atoms with E-state index in [1.54, 1.807) is 0 Å². The van der Waals surface area contributed by atoms with Crippen LogP contribution in [0.15, 0.2) is 30.3 Å². The van der Waals surface area contributed by atoms with Gasteiger partial charge in [0.1, 0.15) is 0 Å². The molecule has 0 saturated heterocycles. The number of benzene rings is 1. The van der Waals surface area contributed by atoms with Gasteiger partial charge in [-0.3, -0.25) is 4.79 Å². The number of aliphatic hydroxyl groups is 1. The molecule has 1 aliphatic rings. The third-order valence-corrected chi connectivity index (χ3v) is 3.30. The third kappa shape index (κ3) is 5.32. The largest absolute Gasteiger partial charge is 0.390 e. The topological polar surface area (TPSA) is 49.3 Å². The standard InChI is InChI=1S/C9H11NO.C6H12O/c1-8(10-7-11)9-5-3-2-4-6-9;1-6(7)4-2-3-5-6/h2-8H,1H3,(H,10,11);7H,2-5H2,1H3. The van der Waals surface area contributed by atoms with Crippen molar-refractivity contribution < 1.29 is 9.90 Å². The fourth-order valence-electron chi connectivity index (χ4n) is 2.08. The molecule has 1 saturated carbocycles. The van der Waals surface area contributed by atoms with E-state index in [1.807, 2.05) is 44.2 Å². The molecule has 0 aliphatic heterocycles. The molecule has 1 unspecified atom stereocenters. The van der Waals surface area contributed by atoms with Crippen molar-refractivity contribution in [1.29, 1.82) is 0 Å². The minimum atomic E-state index is -0.306. The van der Waals surface area contributed by atoms with Gasteiger partial charge in [0.2, 0.25) is 6.41 Å². The van der Waals surface area contributed by atoms with Gasteiger partial charge in [-0.05, 0) is 32.3 Å². The molecule has 3 nitrogen and oxygen atoms in total. The molecule has 0 aromatic heterocycles. The summed E-state index contributed by atoms with van der Waals surface area (Å²) in [5.41, 5.74) is 0.819. The molecule has 0 heterocycles. The van der Waals surface area contributed by atoms with E-state index in [0.717, 1.165) is 24.8 Å². The van der Waals surface area contributed by atoms with Gasteiger partial charge in [0.25, 0.3) is 0 Å². The van der Waals surface area contributed by atoms with Crippen LogP contribution in [0.4, 0.5) is 0 Å². The highest BCUT2D eigenvalue weighted by atomic mass is 16.3. The van der Waals surface area contributed by atoms with Crippen LogP contribution in [-0.2, 0) is 4.79 Å². The van der Waals surface area contributed by atoms with Crippen molar-refractivity contribution in [3.63, 3.8) is 0 Å². The van der Waals surface area contributed by atoms with E-state index in [2.05, 4.69) is 5.32 Å². The number of hydrogen-bond donors (Lipinski definition) is 2. The van der Waals surface area contributed by atoms with Gasteiger partial charge in [-0.1, -0.05) is 43.2 Å². The second kappa shape index (κ2) is 7.17. The number of carbonyl (C=O) groups excluding carboxylic acids is 1. The predicted octanol–water partition coefficient (Wildman–Crippen LogP) is 2.81. The van der Waals surface area contributed by atoms with Gasteiger partial charge in [-0.15, -0.1) is 0 Å². The molecule has 1 aromatic carbocycles. The van der Waals surface area contributed by atoms with E-state index >= 15 is 0 Å². The molecule has 1 atom stereocenters. The number of rotatable bonds is 3. The van der Waals surface area contributed by atoms with Crippen LogP contribution >= 0.6 is 0 Å². The SMILES string of the molecule is CC(NC=O)c1ccccc1.CC1(O)CCCC1. The fourth-order valence-corrected chi connectivity index (χ4v) is 2.08. The van der Waals surface area contributed by atoms with Crippen LogP contribution in [0, 0.1) is 0 Å². The first-order valence-electron chi connectivity index (χ1n) is 6.52. The molecule has 3 heteroatoms. The molecule has 18 heavy (non-hydrogen) atoms. The van der Waals surface area contributed by atoms with Gasteiger partial charge in [-0.25, -0.2) is 0 Å². The molecule has 1 aliphatic carbocycles. The number of amides is 1. The van der Waals surface area contributed by atoms with Crippen LogP contribution in [-0.4, -0.2) is 17.1 Å². The molecule has 0 spiro atoms. The molecular formula is C15H23NO2. The number of carbonyl (C=O) groups is 1. The lowest BCUT2D eigenvalue weighted by atomic mass is 10.1. The summed E-state index contributed by atoms with van der Waals surface area (Å²) in [6.45, 7) is 3.86. The number of nitrogens with one attached hydrogen (secondary N) is 1. The summed E-state index contributed by atoms with van der Waals surface area (Å²) in [7, 11) is 0. The average Bonchev–Trinajstić information content (AvgIpc) is 2.76. The minimum Gasteiger partial charge on any atom is -0.390 e. The highest BCUT2D eigenvalue weighted by Crippen LogP contribution is 2.27. The van der Waals surface area contributed by atoms with Crippen LogP contribution in [0.2, 0.25) is 0 Å². The Hall–Kier alpha value is -1.35. The Labute approximate surface area is 109 Å². The van der Waals surface area contributed by atoms with E-state index in [0.29, 0.717) is 0 Å². The normalized spacial score (nSPS) is 18.4. The monoisotopic (exact) mass is 249 g/mol. The molecule has 2 N–H and O–H groups in total. The van der Waals surface area contributed by atoms with E-state index in [-0.39, 0.29) is 11.6 Å². The second-order valence-corrected chi connectivity index (χ2v) is 5.12. The summed E-state index contributed by atoms with van der Waals surface area (Å²) in [6, 6.07) is 9.95.